The van der Waals surface area contributed by atoms with Crippen LogP contribution < -0.4 is 0 Å². The molecule has 2 bridgehead atoms. The number of hydrogen-bond acceptors (Lipinski definition) is 9. The van der Waals surface area contributed by atoms with Gasteiger partial charge in [0.15, 0.2) is 22.6 Å². The Kier molecular flexibility index (Phi) is 5.00. The molecule has 0 aromatic heterocycles. The van der Waals surface area contributed by atoms with Crippen LogP contribution in [0.5, 0.6) is 0 Å². The van der Waals surface area contributed by atoms with Crippen molar-refractivity contribution in [3.05, 3.63) is 11.6 Å². The molecule has 1 heterocycles. The fraction of sp³-hybridized carbons (Fsp3) is 0.750. The van der Waals surface area contributed by atoms with Gasteiger partial charge in [-0.05, 0) is 40.0 Å². The fourth-order valence-electron chi connectivity index (χ4n) is 9.75. The number of aliphatic hydroxyl groups is 1. The SMILES string of the molecule is COC(=O)C12C(=O)C(C)(O)C(=O)C1(C)C(C)=CC1C34CCC(OC(C)=O)C(C)(C)C3C(CC12C)OC4=O. The Bertz CT molecular complexity index is 1200. The Morgan fingerprint density at radius 3 is 2.27 bits per heavy atom. The highest BCUT2D eigenvalue weighted by atomic mass is 16.6. The third-order valence-corrected chi connectivity index (χ3v) is 11.2. The number of Topliss-reactive ketones (excluding diaryl/α,β-unsaturated/α-hetero) is 2. The molecule has 9 nitrogen and oxygen atoms in total. The standard InChI is InChI=1S/C28H36O9/c1-13-11-16-24(5,28(22(33)35-8)20(31)26(7,34)19(30)25(13,28)6)12-15-18-23(3,4)17(36-14(2)29)9-10-27(16,18)21(32)37-15/h11,15-18,34H,9-10,12H2,1-8H3. The van der Waals surface area contributed by atoms with Crippen molar-refractivity contribution in [3.63, 3.8) is 0 Å². The van der Waals surface area contributed by atoms with Crippen LogP contribution in [0.4, 0.5) is 0 Å². The highest BCUT2D eigenvalue weighted by Gasteiger charge is 2.88. The van der Waals surface area contributed by atoms with Gasteiger partial charge in [0.25, 0.3) is 0 Å². The molecule has 5 aliphatic rings. The zero-order chi connectivity index (χ0) is 27.7. The maximum absolute atomic E-state index is 14.2. The normalized spacial score (nSPS) is 49.3. The van der Waals surface area contributed by atoms with E-state index in [0.29, 0.717) is 18.4 Å². The molecule has 0 aromatic rings. The average molecular weight is 517 g/mol. The van der Waals surface area contributed by atoms with Crippen LogP contribution in [-0.4, -0.2) is 59.5 Å². The van der Waals surface area contributed by atoms with E-state index in [9.17, 15) is 29.1 Å². The molecule has 1 saturated heterocycles. The summed E-state index contributed by atoms with van der Waals surface area (Å²) in [5.74, 6) is -4.36. The summed E-state index contributed by atoms with van der Waals surface area (Å²) >= 11 is 0. The second-order valence-electron chi connectivity index (χ2n) is 13.0. The molecule has 0 radical (unpaired) electrons. The summed E-state index contributed by atoms with van der Waals surface area (Å²) in [5, 5.41) is 11.2. The van der Waals surface area contributed by atoms with Gasteiger partial charge in [-0.15, -0.1) is 0 Å². The minimum atomic E-state index is -2.40. The van der Waals surface area contributed by atoms with Gasteiger partial charge in [0.1, 0.15) is 12.2 Å². The summed E-state index contributed by atoms with van der Waals surface area (Å²) in [4.78, 5) is 67.6. The lowest BCUT2D eigenvalue weighted by Crippen LogP contribution is -2.71. The van der Waals surface area contributed by atoms with Crippen molar-refractivity contribution >= 4 is 29.5 Å². The molecule has 4 aliphatic carbocycles. The van der Waals surface area contributed by atoms with E-state index in [1.165, 1.54) is 21.0 Å². The lowest BCUT2D eigenvalue weighted by Gasteiger charge is -2.66. The average Bonchev–Trinajstić information content (AvgIpc) is 3.11. The molecule has 0 spiro atoms. The zero-order valence-electron chi connectivity index (χ0n) is 22.7. The Labute approximate surface area is 216 Å². The monoisotopic (exact) mass is 516 g/mol. The molecule has 202 valence electrons. The number of hydrogen-bond donors (Lipinski definition) is 1. The second-order valence-corrected chi connectivity index (χ2v) is 13.0. The molecule has 4 fully saturated rings. The molecular formula is C28H36O9. The summed E-state index contributed by atoms with van der Waals surface area (Å²) < 4.78 is 17.0. The van der Waals surface area contributed by atoms with Gasteiger partial charge in [0.05, 0.1) is 17.9 Å². The highest BCUT2D eigenvalue weighted by Crippen LogP contribution is 2.78. The predicted molar refractivity (Wildman–Crippen MR) is 128 cm³/mol. The predicted octanol–water partition coefficient (Wildman–Crippen LogP) is 2.32. The van der Waals surface area contributed by atoms with Crippen molar-refractivity contribution in [1.29, 1.82) is 0 Å². The molecular weight excluding hydrogens is 480 g/mol. The van der Waals surface area contributed by atoms with E-state index >= 15 is 0 Å². The maximum Gasteiger partial charge on any atom is 0.321 e. The van der Waals surface area contributed by atoms with Crippen LogP contribution in [-0.2, 0) is 38.2 Å². The Balaban J connectivity index is 1.81. The number of carbonyl (C=O) groups excluding carboxylic acids is 5. The number of ketones is 2. The van der Waals surface area contributed by atoms with Gasteiger partial charge in [0.2, 0.25) is 0 Å². The van der Waals surface area contributed by atoms with Gasteiger partial charge in [-0.25, -0.2) is 0 Å². The second kappa shape index (κ2) is 7.10. The first kappa shape index (κ1) is 26.1. The molecule has 9 heteroatoms. The zero-order valence-corrected chi connectivity index (χ0v) is 22.7. The largest absolute Gasteiger partial charge is 0.468 e. The van der Waals surface area contributed by atoms with Crippen LogP contribution in [0.3, 0.4) is 0 Å². The van der Waals surface area contributed by atoms with Crippen LogP contribution in [0.25, 0.3) is 0 Å². The van der Waals surface area contributed by atoms with E-state index in [2.05, 4.69) is 0 Å². The molecule has 1 N–H and O–H groups in total. The quantitative estimate of drug-likeness (QED) is 0.254. The highest BCUT2D eigenvalue weighted by molar-refractivity contribution is 6.30. The van der Waals surface area contributed by atoms with E-state index in [4.69, 9.17) is 14.2 Å². The molecule has 0 amide bonds. The number of carbonyl (C=O) groups is 5. The van der Waals surface area contributed by atoms with Gasteiger partial charge in [-0.1, -0.05) is 32.4 Å². The van der Waals surface area contributed by atoms with Crippen molar-refractivity contribution in [1.82, 2.24) is 0 Å². The summed E-state index contributed by atoms with van der Waals surface area (Å²) in [7, 11) is 1.17. The Hall–Kier alpha value is -2.55. The van der Waals surface area contributed by atoms with Crippen molar-refractivity contribution in [2.24, 2.45) is 38.9 Å². The molecule has 5 rings (SSSR count). The Morgan fingerprint density at radius 1 is 1.08 bits per heavy atom. The van der Waals surface area contributed by atoms with Crippen LogP contribution in [0.1, 0.15) is 67.7 Å². The van der Waals surface area contributed by atoms with Gasteiger partial charge in [-0.3, -0.25) is 24.0 Å². The van der Waals surface area contributed by atoms with E-state index in [1.807, 2.05) is 19.9 Å². The van der Waals surface area contributed by atoms with Crippen LogP contribution >= 0.6 is 0 Å². The smallest absolute Gasteiger partial charge is 0.321 e. The van der Waals surface area contributed by atoms with Crippen molar-refractivity contribution in [2.45, 2.75) is 85.5 Å². The molecule has 9 atom stereocenters. The van der Waals surface area contributed by atoms with E-state index in [-0.39, 0.29) is 12.3 Å². The molecule has 9 unspecified atom stereocenters. The summed E-state index contributed by atoms with van der Waals surface area (Å²) in [6, 6.07) is 0. The minimum Gasteiger partial charge on any atom is -0.468 e. The number of ether oxygens (including phenoxy) is 3. The maximum atomic E-state index is 14.2. The molecule has 0 aromatic carbocycles. The van der Waals surface area contributed by atoms with Gasteiger partial charge >= 0.3 is 17.9 Å². The van der Waals surface area contributed by atoms with Crippen molar-refractivity contribution in [3.8, 4) is 0 Å². The lowest BCUT2D eigenvalue weighted by atomic mass is 9.33. The number of rotatable bonds is 2. The van der Waals surface area contributed by atoms with Gasteiger partial charge in [0, 0.05) is 29.6 Å². The third kappa shape index (κ3) is 2.44. The molecule has 1 aliphatic heterocycles. The van der Waals surface area contributed by atoms with Gasteiger partial charge < -0.3 is 19.3 Å². The van der Waals surface area contributed by atoms with Crippen LogP contribution in [0.15, 0.2) is 11.6 Å². The van der Waals surface area contributed by atoms with E-state index in [1.54, 1.807) is 13.8 Å². The van der Waals surface area contributed by atoms with Crippen molar-refractivity contribution in [2.75, 3.05) is 7.11 Å². The molecule has 37 heavy (non-hydrogen) atoms. The Morgan fingerprint density at radius 2 is 1.70 bits per heavy atom. The number of methoxy groups -OCH3 is 1. The fourth-order valence-corrected chi connectivity index (χ4v) is 9.75. The van der Waals surface area contributed by atoms with E-state index < -0.39 is 80.3 Å². The summed E-state index contributed by atoms with van der Waals surface area (Å²) in [5.41, 5.74) is -8.71. The molecule has 3 saturated carbocycles. The van der Waals surface area contributed by atoms with Crippen LogP contribution in [0.2, 0.25) is 0 Å². The van der Waals surface area contributed by atoms with Gasteiger partial charge in [-0.2, -0.15) is 0 Å². The first-order valence-electron chi connectivity index (χ1n) is 12.9. The summed E-state index contributed by atoms with van der Waals surface area (Å²) in [6.45, 7) is 11.4. The minimum absolute atomic E-state index is 0.107. The van der Waals surface area contributed by atoms with Crippen LogP contribution in [0, 0.1) is 38.9 Å². The first-order chi connectivity index (χ1) is 16.9. The summed E-state index contributed by atoms with van der Waals surface area (Å²) in [6.07, 6.45) is 1.57. The number of allylic oxidation sites excluding steroid dienone is 2. The number of fused-ring (bicyclic) bond motifs is 3. The lowest BCUT2D eigenvalue weighted by molar-refractivity contribution is -0.216. The van der Waals surface area contributed by atoms with Crippen molar-refractivity contribution < 1.29 is 43.3 Å². The topological polar surface area (TPSA) is 133 Å². The number of esters is 3. The first-order valence-corrected chi connectivity index (χ1v) is 12.9. The van der Waals surface area contributed by atoms with E-state index in [0.717, 1.165) is 6.92 Å². The third-order valence-electron chi connectivity index (χ3n) is 11.2.